The molecule has 6 heteroatoms. The van der Waals surface area contributed by atoms with Crippen LogP contribution in [0.15, 0.2) is 66.9 Å². The van der Waals surface area contributed by atoms with Crippen molar-refractivity contribution >= 4 is 22.6 Å². The molecule has 1 heterocycles. The number of hydrogen-bond acceptors (Lipinski definition) is 6. The molecule has 0 saturated heterocycles. The van der Waals surface area contributed by atoms with Gasteiger partial charge in [-0.05, 0) is 65.6 Å². The first-order valence-corrected chi connectivity index (χ1v) is 11.7. The number of nitriles is 1. The maximum atomic E-state index is 12.2. The highest BCUT2D eigenvalue weighted by molar-refractivity contribution is 6.01. The first-order valence-electron chi connectivity index (χ1n) is 11.7. The van der Waals surface area contributed by atoms with E-state index < -0.39 is 0 Å². The summed E-state index contributed by atoms with van der Waals surface area (Å²) in [6, 6.07) is 22.0. The van der Waals surface area contributed by atoms with Gasteiger partial charge < -0.3 is 15.2 Å². The molecule has 3 aromatic carbocycles. The molecule has 1 aliphatic rings. The molecule has 35 heavy (non-hydrogen) atoms. The largest absolute Gasteiger partial charge is 0.484 e. The van der Waals surface area contributed by atoms with Gasteiger partial charge in [-0.3, -0.25) is 4.79 Å². The summed E-state index contributed by atoms with van der Waals surface area (Å²) < 4.78 is 11.6. The lowest BCUT2D eigenvalue weighted by atomic mass is 9.96. The van der Waals surface area contributed by atoms with Crippen LogP contribution in [-0.4, -0.2) is 17.6 Å². The second-order valence-electron chi connectivity index (χ2n) is 8.54. The SMILES string of the molecule is CCOC(=O)Cc1cccc(C#N)c1O[C@@H]1CCc2ccc(-c3cccc4c(N)nccc34)cc21. The monoisotopic (exact) mass is 463 g/mol. The summed E-state index contributed by atoms with van der Waals surface area (Å²) in [5.74, 6) is 0.621. The van der Waals surface area contributed by atoms with Crippen LogP contribution in [0.4, 0.5) is 5.82 Å². The fraction of sp³-hybridized carbons (Fsp3) is 0.207. The van der Waals surface area contributed by atoms with Crippen LogP contribution < -0.4 is 10.5 Å². The van der Waals surface area contributed by atoms with Gasteiger partial charge in [-0.1, -0.05) is 42.5 Å². The molecule has 0 bridgehead atoms. The van der Waals surface area contributed by atoms with E-state index in [0.29, 0.717) is 29.3 Å². The Balaban J connectivity index is 1.52. The molecule has 0 fully saturated rings. The number of fused-ring (bicyclic) bond motifs is 2. The van der Waals surface area contributed by atoms with Crippen LogP contribution in [0.1, 0.15) is 41.7 Å². The minimum absolute atomic E-state index is 0.0593. The third-order valence-corrected chi connectivity index (χ3v) is 6.43. The van der Waals surface area contributed by atoms with Gasteiger partial charge in [0.25, 0.3) is 0 Å². The number of para-hydroxylation sites is 1. The number of nitrogen functional groups attached to an aromatic ring is 1. The lowest BCUT2D eigenvalue weighted by molar-refractivity contribution is -0.142. The zero-order chi connectivity index (χ0) is 24.4. The average Bonchev–Trinajstić information content (AvgIpc) is 3.27. The Morgan fingerprint density at radius 2 is 2.00 bits per heavy atom. The molecular formula is C29H25N3O3. The van der Waals surface area contributed by atoms with Gasteiger partial charge in [-0.25, -0.2) is 4.98 Å². The fourth-order valence-electron chi connectivity index (χ4n) is 4.80. The molecule has 1 atom stereocenters. The van der Waals surface area contributed by atoms with Crippen LogP contribution in [0.3, 0.4) is 0 Å². The Morgan fingerprint density at radius 3 is 2.83 bits per heavy atom. The molecular weight excluding hydrogens is 438 g/mol. The second kappa shape index (κ2) is 9.47. The second-order valence-corrected chi connectivity index (χ2v) is 8.54. The zero-order valence-corrected chi connectivity index (χ0v) is 19.5. The number of aryl methyl sites for hydroxylation is 1. The van der Waals surface area contributed by atoms with Crippen molar-refractivity contribution in [3.05, 3.63) is 89.1 Å². The van der Waals surface area contributed by atoms with Crippen molar-refractivity contribution in [1.29, 1.82) is 5.26 Å². The highest BCUT2D eigenvalue weighted by Crippen LogP contribution is 2.40. The number of anilines is 1. The predicted molar refractivity (Wildman–Crippen MR) is 135 cm³/mol. The van der Waals surface area contributed by atoms with E-state index in [9.17, 15) is 10.1 Å². The van der Waals surface area contributed by atoms with Crippen molar-refractivity contribution in [3.63, 3.8) is 0 Å². The third-order valence-electron chi connectivity index (χ3n) is 6.43. The number of aromatic nitrogens is 1. The van der Waals surface area contributed by atoms with Crippen LogP contribution in [-0.2, 0) is 22.4 Å². The van der Waals surface area contributed by atoms with Gasteiger partial charge in [0.15, 0.2) is 0 Å². The van der Waals surface area contributed by atoms with Crippen LogP contribution >= 0.6 is 0 Å². The Labute approximate surface area is 203 Å². The first kappa shape index (κ1) is 22.4. The van der Waals surface area contributed by atoms with Gasteiger partial charge >= 0.3 is 5.97 Å². The minimum atomic E-state index is -0.341. The lowest BCUT2D eigenvalue weighted by Crippen LogP contribution is -2.11. The van der Waals surface area contributed by atoms with Crippen molar-refractivity contribution in [1.82, 2.24) is 4.98 Å². The topological polar surface area (TPSA) is 98.2 Å². The number of pyridine rings is 1. The smallest absolute Gasteiger partial charge is 0.310 e. The van der Waals surface area contributed by atoms with Gasteiger partial charge in [0.1, 0.15) is 23.7 Å². The van der Waals surface area contributed by atoms with Crippen molar-refractivity contribution in [2.45, 2.75) is 32.3 Å². The van der Waals surface area contributed by atoms with Crippen LogP contribution in [0.25, 0.3) is 21.9 Å². The van der Waals surface area contributed by atoms with E-state index in [0.717, 1.165) is 40.3 Å². The van der Waals surface area contributed by atoms with Gasteiger partial charge in [-0.15, -0.1) is 0 Å². The van der Waals surface area contributed by atoms with Gasteiger partial charge in [0.2, 0.25) is 0 Å². The number of carbonyl (C=O) groups excluding carboxylic acids is 1. The third kappa shape index (κ3) is 4.29. The minimum Gasteiger partial charge on any atom is -0.484 e. The molecule has 4 aromatic rings. The first-order chi connectivity index (χ1) is 17.1. The summed E-state index contributed by atoms with van der Waals surface area (Å²) in [4.78, 5) is 16.4. The van der Waals surface area contributed by atoms with E-state index in [-0.39, 0.29) is 18.5 Å². The highest BCUT2D eigenvalue weighted by Gasteiger charge is 2.27. The Bertz CT molecular complexity index is 1470. The van der Waals surface area contributed by atoms with Gasteiger partial charge in [-0.2, -0.15) is 5.26 Å². The Hall–Kier alpha value is -4.37. The van der Waals surface area contributed by atoms with Gasteiger partial charge in [0.05, 0.1) is 18.6 Å². The predicted octanol–water partition coefficient (Wildman–Crippen LogP) is 5.53. The van der Waals surface area contributed by atoms with E-state index in [1.165, 1.54) is 5.56 Å². The Morgan fingerprint density at radius 1 is 1.14 bits per heavy atom. The molecule has 0 unspecified atom stereocenters. The van der Waals surface area contributed by atoms with E-state index in [2.05, 4.69) is 35.3 Å². The van der Waals surface area contributed by atoms with E-state index >= 15 is 0 Å². The maximum absolute atomic E-state index is 12.2. The summed E-state index contributed by atoms with van der Waals surface area (Å²) in [7, 11) is 0. The average molecular weight is 464 g/mol. The normalized spacial score (nSPS) is 14.3. The number of nitrogens with zero attached hydrogens (tertiary/aromatic N) is 2. The molecule has 5 rings (SSSR count). The quantitative estimate of drug-likeness (QED) is 0.378. The fourth-order valence-corrected chi connectivity index (χ4v) is 4.80. The molecule has 0 amide bonds. The molecule has 0 saturated carbocycles. The number of esters is 1. The zero-order valence-electron chi connectivity index (χ0n) is 19.5. The van der Waals surface area contributed by atoms with Crippen molar-refractivity contribution in [3.8, 4) is 22.9 Å². The maximum Gasteiger partial charge on any atom is 0.310 e. The Kier molecular flexibility index (Phi) is 6.07. The van der Waals surface area contributed by atoms with Crippen LogP contribution in [0.5, 0.6) is 5.75 Å². The lowest BCUT2D eigenvalue weighted by Gasteiger charge is -2.19. The molecule has 6 nitrogen and oxygen atoms in total. The van der Waals surface area contributed by atoms with E-state index in [1.54, 1.807) is 25.3 Å². The molecule has 174 valence electrons. The number of carbonyl (C=O) groups is 1. The molecule has 0 spiro atoms. The molecule has 1 aliphatic carbocycles. The summed E-state index contributed by atoms with van der Waals surface area (Å²) in [5, 5.41) is 11.7. The van der Waals surface area contributed by atoms with Crippen LogP contribution in [0, 0.1) is 11.3 Å². The summed E-state index contributed by atoms with van der Waals surface area (Å²) >= 11 is 0. The van der Waals surface area contributed by atoms with Crippen molar-refractivity contribution in [2.24, 2.45) is 0 Å². The van der Waals surface area contributed by atoms with E-state index in [1.807, 2.05) is 24.3 Å². The number of rotatable bonds is 6. The van der Waals surface area contributed by atoms with Crippen LogP contribution in [0.2, 0.25) is 0 Å². The highest BCUT2D eigenvalue weighted by atomic mass is 16.5. The van der Waals surface area contributed by atoms with E-state index in [4.69, 9.17) is 15.2 Å². The number of hydrogen-bond donors (Lipinski definition) is 1. The molecule has 2 N–H and O–H groups in total. The summed E-state index contributed by atoms with van der Waals surface area (Å²) in [6.07, 6.45) is 3.24. The van der Waals surface area contributed by atoms with Crippen molar-refractivity contribution < 1.29 is 14.3 Å². The number of benzene rings is 3. The summed E-state index contributed by atoms with van der Waals surface area (Å²) in [5.41, 5.74) is 11.6. The number of nitrogens with two attached hydrogens (primary N) is 1. The molecule has 0 radical (unpaired) electrons. The standard InChI is InChI=1S/C29H25N3O3/c1-2-34-27(33)16-20-5-3-6-21(17-30)28(20)35-26-12-11-18-9-10-19(15-25(18)26)22-7-4-8-24-23(22)13-14-32-29(24)31/h3-10,13-15,26H,2,11-12,16H2,1H3,(H2,31,32)/t26-/m1/s1. The van der Waals surface area contributed by atoms with Gasteiger partial charge in [0, 0.05) is 17.1 Å². The number of ether oxygens (including phenoxy) is 2. The summed E-state index contributed by atoms with van der Waals surface area (Å²) in [6.45, 7) is 2.08. The molecule has 0 aliphatic heterocycles. The van der Waals surface area contributed by atoms with Crippen molar-refractivity contribution in [2.75, 3.05) is 12.3 Å². The molecule has 1 aromatic heterocycles.